The Kier molecular flexibility index (Phi) is 6.29. The summed E-state index contributed by atoms with van der Waals surface area (Å²) in [6.45, 7) is 4.65. The number of likely N-dealkylation sites (tertiary alicyclic amines) is 2. The Morgan fingerprint density at radius 2 is 1.77 bits per heavy atom. The van der Waals surface area contributed by atoms with Gasteiger partial charge in [-0.1, -0.05) is 6.07 Å². The topological polar surface area (TPSA) is 69.7 Å². The van der Waals surface area contributed by atoms with Gasteiger partial charge < -0.3 is 15.1 Å². The Bertz CT molecular complexity index is 632. The van der Waals surface area contributed by atoms with Crippen molar-refractivity contribution in [3.8, 4) is 0 Å². The maximum Gasteiger partial charge on any atom is 0.261 e. The molecule has 0 aromatic carbocycles. The van der Waals surface area contributed by atoms with Crippen molar-refractivity contribution in [1.29, 1.82) is 0 Å². The number of nitrogens with one attached hydrogen (secondary N) is 1. The Morgan fingerprint density at radius 1 is 1.08 bits per heavy atom. The summed E-state index contributed by atoms with van der Waals surface area (Å²) in [4.78, 5) is 41.7. The van der Waals surface area contributed by atoms with Crippen LogP contribution in [0.5, 0.6) is 0 Å². The van der Waals surface area contributed by atoms with Crippen LogP contribution in [0.15, 0.2) is 17.5 Å². The summed E-state index contributed by atoms with van der Waals surface area (Å²) < 4.78 is 0. The molecule has 2 saturated heterocycles. The fourth-order valence-electron chi connectivity index (χ4n) is 3.73. The van der Waals surface area contributed by atoms with Crippen molar-refractivity contribution in [2.75, 3.05) is 26.2 Å². The van der Waals surface area contributed by atoms with E-state index in [0.717, 1.165) is 25.9 Å². The van der Waals surface area contributed by atoms with Crippen LogP contribution in [-0.4, -0.2) is 59.7 Å². The lowest BCUT2D eigenvalue weighted by Gasteiger charge is -2.36. The van der Waals surface area contributed by atoms with E-state index in [1.165, 1.54) is 17.8 Å². The lowest BCUT2D eigenvalue weighted by atomic mass is 9.94. The van der Waals surface area contributed by atoms with Crippen LogP contribution in [0.25, 0.3) is 0 Å². The van der Waals surface area contributed by atoms with Crippen molar-refractivity contribution in [2.24, 2.45) is 5.92 Å². The Balaban J connectivity index is 1.46. The van der Waals surface area contributed by atoms with Gasteiger partial charge >= 0.3 is 0 Å². The number of rotatable bonds is 4. The van der Waals surface area contributed by atoms with Crippen LogP contribution in [0.2, 0.25) is 0 Å². The van der Waals surface area contributed by atoms with E-state index in [2.05, 4.69) is 5.32 Å². The largest absolute Gasteiger partial charge is 0.342 e. The van der Waals surface area contributed by atoms with Gasteiger partial charge in [0.25, 0.3) is 5.91 Å². The predicted molar refractivity (Wildman–Crippen MR) is 101 cm³/mol. The first-order valence-electron chi connectivity index (χ1n) is 9.48. The number of carbonyl (C=O) groups is 3. The molecule has 2 aliphatic rings. The second-order valence-electron chi connectivity index (χ2n) is 7.16. The average molecular weight is 378 g/mol. The molecule has 3 heterocycles. The second kappa shape index (κ2) is 8.66. The third-order valence-electron chi connectivity index (χ3n) is 5.29. The first-order chi connectivity index (χ1) is 12.6. The van der Waals surface area contributed by atoms with Crippen molar-refractivity contribution >= 4 is 29.1 Å². The van der Waals surface area contributed by atoms with Gasteiger partial charge in [-0.05, 0) is 50.5 Å². The lowest BCUT2D eigenvalue weighted by molar-refractivity contribution is -0.141. The number of hydrogen-bond donors (Lipinski definition) is 1. The molecular weight excluding hydrogens is 350 g/mol. The van der Waals surface area contributed by atoms with E-state index in [9.17, 15) is 14.4 Å². The lowest BCUT2D eigenvalue weighted by Crippen LogP contribution is -2.51. The molecule has 1 aromatic heterocycles. The quantitative estimate of drug-likeness (QED) is 0.874. The second-order valence-corrected chi connectivity index (χ2v) is 8.11. The molecule has 142 valence electrons. The van der Waals surface area contributed by atoms with Gasteiger partial charge in [-0.3, -0.25) is 14.4 Å². The highest BCUT2D eigenvalue weighted by molar-refractivity contribution is 7.12. The molecule has 0 aliphatic carbocycles. The Morgan fingerprint density at radius 3 is 2.38 bits per heavy atom. The van der Waals surface area contributed by atoms with Crippen molar-refractivity contribution in [1.82, 2.24) is 15.1 Å². The maximum atomic E-state index is 12.6. The monoisotopic (exact) mass is 377 g/mol. The zero-order valence-electron chi connectivity index (χ0n) is 15.3. The minimum Gasteiger partial charge on any atom is -0.342 e. The predicted octanol–water partition coefficient (Wildman–Crippen LogP) is 2.12. The molecule has 0 spiro atoms. The van der Waals surface area contributed by atoms with E-state index in [0.29, 0.717) is 30.8 Å². The first kappa shape index (κ1) is 18.9. The summed E-state index contributed by atoms with van der Waals surface area (Å²) in [6, 6.07) is 3.00. The smallest absolute Gasteiger partial charge is 0.261 e. The van der Waals surface area contributed by atoms with E-state index in [1.54, 1.807) is 17.9 Å². The number of piperidine rings is 2. The Hall–Kier alpha value is -1.89. The normalized spacial score (nSPS) is 19.9. The molecule has 6 nitrogen and oxygen atoms in total. The third kappa shape index (κ3) is 4.44. The van der Waals surface area contributed by atoms with Crippen molar-refractivity contribution in [3.63, 3.8) is 0 Å². The molecule has 0 saturated carbocycles. The number of nitrogens with zero attached hydrogens (tertiary/aromatic N) is 2. The summed E-state index contributed by atoms with van der Waals surface area (Å²) >= 11 is 1.36. The van der Waals surface area contributed by atoms with E-state index < -0.39 is 6.04 Å². The molecule has 1 aromatic rings. The van der Waals surface area contributed by atoms with Gasteiger partial charge in [0.2, 0.25) is 11.8 Å². The highest BCUT2D eigenvalue weighted by Gasteiger charge is 2.32. The summed E-state index contributed by atoms with van der Waals surface area (Å²) in [6.07, 6.45) is 4.85. The number of hydrogen-bond acceptors (Lipinski definition) is 4. The van der Waals surface area contributed by atoms with Crippen LogP contribution in [0.4, 0.5) is 0 Å². The van der Waals surface area contributed by atoms with E-state index in [-0.39, 0.29) is 23.6 Å². The van der Waals surface area contributed by atoms with E-state index >= 15 is 0 Å². The molecule has 1 unspecified atom stereocenters. The molecule has 0 bridgehead atoms. The van der Waals surface area contributed by atoms with Crippen LogP contribution >= 0.6 is 11.3 Å². The van der Waals surface area contributed by atoms with Gasteiger partial charge in [0.1, 0.15) is 6.04 Å². The van der Waals surface area contributed by atoms with E-state index in [1.807, 2.05) is 16.3 Å². The zero-order chi connectivity index (χ0) is 18.5. The molecule has 1 N–H and O–H groups in total. The summed E-state index contributed by atoms with van der Waals surface area (Å²) in [5.74, 6) is 0.0128. The van der Waals surface area contributed by atoms with Gasteiger partial charge in [-0.15, -0.1) is 11.3 Å². The summed E-state index contributed by atoms with van der Waals surface area (Å²) in [5, 5.41) is 4.61. The van der Waals surface area contributed by atoms with Crippen LogP contribution in [0, 0.1) is 5.92 Å². The highest BCUT2D eigenvalue weighted by atomic mass is 32.1. The van der Waals surface area contributed by atoms with Gasteiger partial charge in [0, 0.05) is 32.1 Å². The fraction of sp³-hybridized carbons (Fsp3) is 0.632. The van der Waals surface area contributed by atoms with Crippen LogP contribution in [-0.2, 0) is 9.59 Å². The van der Waals surface area contributed by atoms with Crippen LogP contribution < -0.4 is 5.32 Å². The fourth-order valence-corrected chi connectivity index (χ4v) is 4.36. The molecule has 2 aliphatic heterocycles. The van der Waals surface area contributed by atoms with Crippen molar-refractivity contribution in [3.05, 3.63) is 22.4 Å². The molecular formula is C19H27N3O3S. The molecule has 26 heavy (non-hydrogen) atoms. The number of carbonyl (C=O) groups excluding carboxylic acids is 3. The van der Waals surface area contributed by atoms with Crippen LogP contribution in [0.3, 0.4) is 0 Å². The molecule has 0 radical (unpaired) electrons. The summed E-state index contributed by atoms with van der Waals surface area (Å²) in [5.41, 5.74) is 0. The number of thiophene rings is 1. The average Bonchev–Trinajstić information content (AvgIpc) is 3.22. The van der Waals surface area contributed by atoms with Crippen molar-refractivity contribution in [2.45, 2.75) is 45.1 Å². The van der Waals surface area contributed by atoms with Crippen molar-refractivity contribution < 1.29 is 14.4 Å². The molecule has 7 heteroatoms. The number of amides is 3. The van der Waals surface area contributed by atoms with Gasteiger partial charge in [-0.25, -0.2) is 0 Å². The highest BCUT2D eigenvalue weighted by Crippen LogP contribution is 2.22. The van der Waals surface area contributed by atoms with Gasteiger partial charge in [0.15, 0.2) is 0 Å². The first-order valence-corrected chi connectivity index (χ1v) is 10.4. The summed E-state index contributed by atoms with van der Waals surface area (Å²) in [7, 11) is 0. The standard InChI is InChI=1S/C19H27N3O3S/c1-14(20-17(23)16-6-5-13-26-16)18(24)22-11-7-15(8-12-22)19(25)21-9-3-2-4-10-21/h5-6,13-15H,2-4,7-12H2,1H3,(H,20,23). The minimum absolute atomic E-state index is 0.0353. The van der Waals surface area contributed by atoms with Crippen LogP contribution in [0.1, 0.15) is 48.7 Å². The molecule has 3 amide bonds. The van der Waals surface area contributed by atoms with E-state index in [4.69, 9.17) is 0 Å². The molecule has 2 fully saturated rings. The van der Waals surface area contributed by atoms with Gasteiger partial charge in [-0.2, -0.15) is 0 Å². The third-order valence-corrected chi connectivity index (χ3v) is 6.16. The van der Waals surface area contributed by atoms with Gasteiger partial charge in [0.05, 0.1) is 4.88 Å². The molecule has 1 atom stereocenters. The SMILES string of the molecule is CC(NC(=O)c1cccs1)C(=O)N1CCC(C(=O)N2CCCCC2)CC1. The Labute approximate surface area is 158 Å². The zero-order valence-corrected chi connectivity index (χ0v) is 16.1. The minimum atomic E-state index is -0.557. The molecule has 3 rings (SSSR count). The maximum absolute atomic E-state index is 12.6.